The van der Waals surface area contributed by atoms with Crippen molar-refractivity contribution in [2.24, 2.45) is 0 Å². The van der Waals surface area contributed by atoms with Crippen LogP contribution in [0.1, 0.15) is 48.1 Å². The van der Waals surface area contributed by atoms with Gasteiger partial charge in [0.05, 0.1) is 10.3 Å². The lowest BCUT2D eigenvalue weighted by Crippen LogP contribution is -2.25. The second kappa shape index (κ2) is 7.44. The number of nitro groups is 1. The summed E-state index contributed by atoms with van der Waals surface area (Å²) in [6.07, 6.45) is 0. The molecular formula is C19H21N3O3S2. The molecule has 6 nitrogen and oxygen atoms in total. The lowest BCUT2D eigenvalue weighted by Gasteiger charge is -2.18. The van der Waals surface area contributed by atoms with Gasteiger partial charge in [0.1, 0.15) is 4.83 Å². The van der Waals surface area contributed by atoms with Gasteiger partial charge in [-0.15, -0.1) is 11.3 Å². The predicted molar refractivity (Wildman–Crippen MR) is 111 cm³/mol. The number of nitro benzene ring substituents is 1. The number of hydrogen-bond donors (Lipinski definition) is 0. The molecule has 8 heteroatoms. The van der Waals surface area contributed by atoms with Crippen LogP contribution in [0.4, 0.5) is 5.69 Å². The molecule has 0 saturated heterocycles. The molecule has 3 aromatic rings. The summed E-state index contributed by atoms with van der Waals surface area (Å²) < 4.78 is 1.72. The normalized spacial score (nSPS) is 12.7. The van der Waals surface area contributed by atoms with Crippen molar-refractivity contribution in [1.29, 1.82) is 0 Å². The molecule has 0 bridgehead atoms. The van der Waals surface area contributed by atoms with Gasteiger partial charge in [0.25, 0.3) is 11.2 Å². The molecule has 0 spiro atoms. The number of hydrogen-bond acceptors (Lipinski definition) is 6. The topological polar surface area (TPSA) is 78.0 Å². The van der Waals surface area contributed by atoms with Gasteiger partial charge in [0, 0.05) is 28.3 Å². The summed E-state index contributed by atoms with van der Waals surface area (Å²) >= 11 is 2.98. The van der Waals surface area contributed by atoms with Gasteiger partial charge in [0.15, 0.2) is 5.16 Å². The zero-order valence-electron chi connectivity index (χ0n) is 15.8. The van der Waals surface area contributed by atoms with E-state index in [1.807, 2.05) is 40.7 Å². The van der Waals surface area contributed by atoms with Gasteiger partial charge < -0.3 is 0 Å². The Hall–Kier alpha value is -2.19. The zero-order chi connectivity index (χ0) is 19.9. The van der Waals surface area contributed by atoms with E-state index in [0.29, 0.717) is 10.5 Å². The van der Waals surface area contributed by atoms with E-state index in [2.05, 4.69) is 0 Å². The van der Waals surface area contributed by atoms with Crippen molar-refractivity contribution in [3.63, 3.8) is 0 Å². The molecule has 0 amide bonds. The molecule has 27 heavy (non-hydrogen) atoms. The fourth-order valence-corrected chi connectivity index (χ4v) is 5.17. The fraction of sp³-hybridized carbons (Fsp3) is 0.368. The van der Waals surface area contributed by atoms with Crippen molar-refractivity contribution < 1.29 is 4.92 Å². The van der Waals surface area contributed by atoms with Crippen LogP contribution in [-0.4, -0.2) is 14.5 Å². The highest BCUT2D eigenvalue weighted by Gasteiger charge is 2.21. The van der Waals surface area contributed by atoms with Crippen molar-refractivity contribution in [3.05, 3.63) is 60.7 Å². The molecule has 2 heterocycles. The van der Waals surface area contributed by atoms with Crippen molar-refractivity contribution in [2.75, 3.05) is 0 Å². The van der Waals surface area contributed by atoms with Crippen molar-refractivity contribution in [2.45, 2.75) is 51.1 Å². The Kier molecular flexibility index (Phi) is 5.39. The fourth-order valence-electron chi connectivity index (χ4n) is 2.94. The summed E-state index contributed by atoms with van der Waals surface area (Å²) in [4.78, 5) is 30.4. The largest absolute Gasteiger partial charge is 0.284 e. The van der Waals surface area contributed by atoms with Crippen LogP contribution in [0, 0.1) is 24.0 Å². The first-order valence-electron chi connectivity index (χ1n) is 8.64. The Morgan fingerprint density at radius 3 is 2.59 bits per heavy atom. The molecule has 0 aliphatic heterocycles. The van der Waals surface area contributed by atoms with Gasteiger partial charge in [-0.1, -0.05) is 23.9 Å². The van der Waals surface area contributed by atoms with Crippen molar-refractivity contribution >= 4 is 39.0 Å². The minimum absolute atomic E-state index is 0.0226. The van der Waals surface area contributed by atoms with E-state index in [1.54, 1.807) is 16.7 Å². The Balaban J connectivity index is 2.08. The quantitative estimate of drug-likeness (QED) is 0.246. The van der Waals surface area contributed by atoms with Gasteiger partial charge in [-0.3, -0.25) is 19.5 Å². The van der Waals surface area contributed by atoms with E-state index < -0.39 is 4.92 Å². The molecule has 0 fully saturated rings. The molecule has 3 rings (SSSR count). The molecule has 0 aliphatic carbocycles. The summed E-state index contributed by atoms with van der Waals surface area (Å²) in [5.41, 5.74) is 1.86. The molecule has 0 unspecified atom stereocenters. The number of thiophene rings is 1. The Morgan fingerprint density at radius 2 is 1.96 bits per heavy atom. The van der Waals surface area contributed by atoms with Gasteiger partial charge in [-0.05, 0) is 45.7 Å². The third-order valence-electron chi connectivity index (χ3n) is 4.55. The average molecular weight is 404 g/mol. The van der Waals surface area contributed by atoms with Crippen LogP contribution in [0.3, 0.4) is 0 Å². The third kappa shape index (κ3) is 3.64. The number of non-ortho nitro benzene ring substituents is 1. The van der Waals surface area contributed by atoms with E-state index in [1.165, 1.54) is 29.2 Å². The van der Waals surface area contributed by atoms with Gasteiger partial charge in [0.2, 0.25) is 0 Å². The van der Waals surface area contributed by atoms with Crippen molar-refractivity contribution in [1.82, 2.24) is 9.55 Å². The average Bonchev–Trinajstić information content (AvgIpc) is 2.89. The summed E-state index contributed by atoms with van der Waals surface area (Å²) in [7, 11) is 0. The monoisotopic (exact) mass is 403 g/mol. The summed E-state index contributed by atoms with van der Waals surface area (Å²) in [6.45, 7) is 9.85. The SMILES string of the molecule is Cc1sc2nc(S[C@H](C)c3cccc([N+](=O)[O-])c3)n(C(C)C)c(=O)c2c1C. The maximum atomic E-state index is 13.1. The van der Waals surface area contributed by atoms with Crippen LogP contribution in [0.15, 0.2) is 34.2 Å². The van der Waals surface area contributed by atoms with E-state index in [-0.39, 0.29) is 22.5 Å². The van der Waals surface area contributed by atoms with Crippen LogP contribution >= 0.6 is 23.1 Å². The lowest BCUT2D eigenvalue weighted by atomic mass is 10.1. The molecule has 1 aromatic carbocycles. The minimum atomic E-state index is -0.396. The summed E-state index contributed by atoms with van der Waals surface area (Å²) in [6, 6.07) is 6.57. The maximum Gasteiger partial charge on any atom is 0.269 e. The van der Waals surface area contributed by atoms with Crippen LogP contribution in [0.5, 0.6) is 0 Å². The van der Waals surface area contributed by atoms with E-state index in [0.717, 1.165) is 20.8 Å². The molecule has 2 aromatic heterocycles. The maximum absolute atomic E-state index is 13.1. The van der Waals surface area contributed by atoms with Gasteiger partial charge in [-0.2, -0.15) is 0 Å². The third-order valence-corrected chi connectivity index (χ3v) is 6.78. The first kappa shape index (κ1) is 19.6. The number of aryl methyl sites for hydroxylation is 2. The first-order valence-corrected chi connectivity index (χ1v) is 10.3. The number of nitrogens with zero attached hydrogens (tertiary/aromatic N) is 3. The zero-order valence-corrected chi connectivity index (χ0v) is 17.5. The number of rotatable bonds is 5. The van der Waals surface area contributed by atoms with E-state index in [4.69, 9.17) is 4.98 Å². The predicted octanol–water partition coefficient (Wildman–Crippen LogP) is 5.42. The van der Waals surface area contributed by atoms with Crippen LogP contribution in [0.2, 0.25) is 0 Å². The highest BCUT2D eigenvalue weighted by molar-refractivity contribution is 7.99. The molecule has 0 radical (unpaired) electrons. The van der Waals surface area contributed by atoms with Crippen LogP contribution in [-0.2, 0) is 0 Å². The summed E-state index contributed by atoms with van der Waals surface area (Å²) in [5, 5.41) is 12.3. The molecule has 1 atom stereocenters. The summed E-state index contributed by atoms with van der Waals surface area (Å²) in [5.74, 6) is 0. The van der Waals surface area contributed by atoms with Crippen LogP contribution in [0.25, 0.3) is 10.2 Å². The number of aromatic nitrogens is 2. The Morgan fingerprint density at radius 1 is 1.26 bits per heavy atom. The molecule has 0 saturated carbocycles. The van der Waals surface area contributed by atoms with Gasteiger partial charge >= 0.3 is 0 Å². The van der Waals surface area contributed by atoms with E-state index in [9.17, 15) is 14.9 Å². The number of fused-ring (bicyclic) bond motifs is 1. The lowest BCUT2D eigenvalue weighted by molar-refractivity contribution is -0.384. The number of benzene rings is 1. The minimum Gasteiger partial charge on any atom is -0.284 e. The molecule has 142 valence electrons. The van der Waals surface area contributed by atoms with E-state index >= 15 is 0 Å². The molecule has 0 N–H and O–H groups in total. The Labute approximate surface area is 165 Å². The second-order valence-electron chi connectivity index (χ2n) is 6.74. The number of thioether (sulfide) groups is 1. The standard InChI is InChI=1S/C19H21N3O3S2/c1-10(2)21-18(23)16-11(3)12(4)26-17(16)20-19(21)27-13(5)14-7-6-8-15(9-14)22(24)25/h6-10,13H,1-5H3/t13-/m1/s1. The first-order chi connectivity index (χ1) is 12.7. The van der Waals surface area contributed by atoms with Crippen LogP contribution < -0.4 is 5.56 Å². The molecule has 0 aliphatic rings. The van der Waals surface area contributed by atoms with Gasteiger partial charge in [-0.25, -0.2) is 4.98 Å². The molecular weight excluding hydrogens is 382 g/mol. The smallest absolute Gasteiger partial charge is 0.269 e. The second-order valence-corrected chi connectivity index (χ2v) is 9.25. The highest BCUT2D eigenvalue weighted by Crippen LogP contribution is 2.37. The Bertz CT molecular complexity index is 1090. The highest BCUT2D eigenvalue weighted by atomic mass is 32.2. The van der Waals surface area contributed by atoms with Crippen molar-refractivity contribution in [3.8, 4) is 0 Å².